The predicted octanol–water partition coefficient (Wildman–Crippen LogP) is 4.04. The predicted molar refractivity (Wildman–Crippen MR) is 97.5 cm³/mol. The molecule has 1 atom stereocenters. The van der Waals surface area contributed by atoms with Crippen LogP contribution in [0.2, 0.25) is 0 Å². The average Bonchev–Trinajstić information content (AvgIpc) is 2.66. The maximum Gasteiger partial charge on any atom is 0.573 e. The third kappa shape index (κ3) is 7.38. The lowest BCUT2D eigenvalue weighted by molar-refractivity contribution is -0.274. The van der Waals surface area contributed by atoms with E-state index in [1.54, 1.807) is 0 Å². The number of carbonyl (C=O) groups excluding carboxylic acids is 2. The van der Waals surface area contributed by atoms with Gasteiger partial charge >= 0.3 is 12.3 Å². The van der Waals surface area contributed by atoms with Crippen molar-refractivity contribution in [1.82, 2.24) is 0 Å². The summed E-state index contributed by atoms with van der Waals surface area (Å²) in [7, 11) is 0. The van der Waals surface area contributed by atoms with E-state index in [9.17, 15) is 22.8 Å². The second-order valence-electron chi connectivity index (χ2n) is 5.71. The van der Waals surface area contributed by atoms with Crippen molar-refractivity contribution >= 4 is 23.6 Å². The lowest BCUT2D eigenvalue weighted by Crippen LogP contribution is -2.29. The first kappa shape index (κ1) is 21.5. The van der Waals surface area contributed by atoms with Crippen LogP contribution in [0.4, 0.5) is 18.9 Å². The van der Waals surface area contributed by atoms with Gasteiger partial charge in [0.2, 0.25) is 0 Å². The molecule has 0 unspecified atom stereocenters. The molecule has 0 radical (unpaired) electrons. The van der Waals surface area contributed by atoms with Gasteiger partial charge in [-0.25, -0.2) is 4.79 Å². The first-order valence-electron chi connectivity index (χ1n) is 8.22. The van der Waals surface area contributed by atoms with Crippen molar-refractivity contribution < 1.29 is 32.2 Å². The first-order chi connectivity index (χ1) is 13.7. The number of nitrogens with zero attached hydrogens (tertiary/aromatic N) is 1. The van der Waals surface area contributed by atoms with Crippen LogP contribution < -0.4 is 10.1 Å². The molecule has 0 aliphatic heterocycles. The van der Waals surface area contributed by atoms with Gasteiger partial charge in [-0.3, -0.25) is 4.79 Å². The maximum atomic E-state index is 12.1. The van der Waals surface area contributed by atoms with E-state index in [1.807, 2.05) is 6.07 Å². The van der Waals surface area contributed by atoms with E-state index < -0.39 is 24.3 Å². The topological polar surface area (TPSA) is 88.4 Å². The highest BCUT2D eigenvalue weighted by molar-refractivity contribution is 5.96. The molecule has 0 saturated heterocycles. The maximum absolute atomic E-state index is 12.1. The Labute approximate surface area is 164 Å². The van der Waals surface area contributed by atoms with Gasteiger partial charge in [0.15, 0.2) is 6.10 Å². The van der Waals surface area contributed by atoms with E-state index in [2.05, 4.69) is 10.1 Å². The zero-order chi connectivity index (χ0) is 21.4. The normalized spacial score (nSPS) is 12.1. The fourth-order valence-corrected chi connectivity index (χ4v) is 2.08. The van der Waals surface area contributed by atoms with Crippen molar-refractivity contribution in [2.45, 2.75) is 19.4 Å². The summed E-state index contributed by atoms with van der Waals surface area (Å²) in [6, 6.07) is 12.9. The number of anilines is 1. The summed E-state index contributed by atoms with van der Waals surface area (Å²) in [4.78, 5) is 23.9. The van der Waals surface area contributed by atoms with Crippen LogP contribution in [0.5, 0.6) is 5.75 Å². The van der Waals surface area contributed by atoms with Crippen LogP contribution in [-0.4, -0.2) is 24.3 Å². The van der Waals surface area contributed by atoms with E-state index in [0.29, 0.717) is 16.8 Å². The Balaban J connectivity index is 1.87. The third-order valence-corrected chi connectivity index (χ3v) is 3.47. The van der Waals surface area contributed by atoms with Gasteiger partial charge in [0.25, 0.3) is 5.91 Å². The standard InChI is InChI=1S/C20H15F3N2O4/c1-13(19(27)25-16-7-2-15(12-24)3-8-16)28-18(26)11-6-14-4-9-17(10-5-14)29-20(21,22)23/h2-11,13H,1H3,(H,25,27)/b11-6+/t13-/m1/s1. The van der Waals surface area contributed by atoms with Gasteiger partial charge in [0, 0.05) is 11.8 Å². The van der Waals surface area contributed by atoms with Gasteiger partial charge < -0.3 is 14.8 Å². The number of benzene rings is 2. The Morgan fingerprint density at radius 3 is 2.28 bits per heavy atom. The van der Waals surface area contributed by atoms with Crippen molar-refractivity contribution in [3.05, 3.63) is 65.7 Å². The van der Waals surface area contributed by atoms with Crippen LogP contribution in [0, 0.1) is 11.3 Å². The Kier molecular flexibility index (Phi) is 6.98. The summed E-state index contributed by atoms with van der Waals surface area (Å²) < 4.78 is 45.1. The van der Waals surface area contributed by atoms with Crippen molar-refractivity contribution in [3.63, 3.8) is 0 Å². The summed E-state index contributed by atoms with van der Waals surface area (Å²) in [6.45, 7) is 1.38. The Morgan fingerprint density at radius 2 is 1.72 bits per heavy atom. The Bertz CT molecular complexity index is 930. The number of nitrogens with one attached hydrogen (secondary N) is 1. The fourth-order valence-electron chi connectivity index (χ4n) is 2.08. The van der Waals surface area contributed by atoms with Gasteiger partial charge in [-0.05, 0) is 55.0 Å². The second kappa shape index (κ2) is 9.41. The van der Waals surface area contributed by atoms with E-state index in [4.69, 9.17) is 10.00 Å². The highest BCUT2D eigenvalue weighted by Gasteiger charge is 2.30. The van der Waals surface area contributed by atoms with Crippen molar-refractivity contribution in [3.8, 4) is 11.8 Å². The number of halogens is 3. The quantitative estimate of drug-likeness (QED) is 0.580. The minimum absolute atomic E-state index is 0.384. The molecule has 0 aliphatic rings. The number of alkyl halides is 3. The molecule has 150 valence electrons. The van der Waals surface area contributed by atoms with Crippen LogP contribution >= 0.6 is 0 Å². The van der Waals surface area contributed by atoms with E-state index in [-0.39, 0.29) is 5.75 Å². The minimum Gasteiger partial charge on any atom is -0.449 e. The molecule has 29 heavy (non-hydrogen) atoms. The summed E-state index contributed by atoms with van der Waals surface area (Å²) in [6.07, 6.45) is -3.50. The number of amides is 1. The molecule has 0 saturated carbocycles. The Hall–Kier alpha value is -3.80. The number of hydrogen-bond donors (Lipinski definition) is 1. The van der Waals surface area contributed by atoms with Gasteiger partial charge in [0.05, 0.1) is 11.6 Å². The zero-order valence-corrected chi connectivity index (χ0v) is 15.1. The van der Waals surface area contributed by atoms with E-state index >= 15 is 0 Å². The van der Waals surface area contributed by atoms with Crippen LogP contribution in [0.3, 0.4) is 0 Å². The summed E-state index contributed by atoms with van der Waals surface area (Å²) in [5, 5.41) is 11.3. The monoisotopic (exact) mass is 404 g/mol. The van der Waals surface area contributed by atoms with Crippen molar-refractivity contribution in [1.29, 1.82) is 5.26 Å². The van der Waals surface area contributed by atoms with Crippen LogP contribution in [0.25, 0.3) is 6.08 Å². The molecule has 1 amide bonds. The largest absolute Gasteiger partial charge is 0.573 e. The molecule has 2 aromatic rings. The average molecular weight is 404 g/mol. The Morgan fingerprint density at radius 1 is 1.10 bits per heavy atom. The van der Waals surface area contributed by atoms with Crippen molar-refractivity contribution in [2.75, 3.05) is 5.32 Å². The molecular formula is C20H15F3N2O4. The number of esters is 1. The molecule has 0 bridgehead atoms. The van der Waals surface area contributed by atoms with Crippen LogP contribution in [0.1, 0.15) is 18.1 Å². The molecule has 2 aromatic carbocycles. The van der Waals surface area contributed by atoms with E-state index in [0.717, 1.165) is 18.2 Å². The van der Waals surface area contributed by atoms with Crippen LogP contribution in [-0.2, 0) is 14.3 Å². The van der Waals surface area contributed by atoms with Gasteiger partial charge in [-0.1, -0.05) is 12.1 Å². The third-order valence-electron chi connectivity index (χ3n) is 3.47. The molecule has 6 nitrogen and oxygen atoms in total. The summed E-state index contributed by atoms with van der Waals surface area (Å²) >= 11 is 0. The smallest absolute Gasteiger partial charge is 0.449 e. The first-order valence-corrected chi connectivity index (χ1v) is 8.22. The minimum atomic E-state index is -4.78. The van der Waals surface area contributed by atoms with Crippen molar-refractivity contribution in [2.24, 2.45) is 0 Å². The highest BCUT2D eigenvalue weighted by Crippen LogP contribution is 2.23. The SMILES string of the molecule is C[C@@H](OC(=O)/C=C/c1ccc(OC(F)(F)F)cc1)C(=O)Nc1ccc(C#N)cc1. The number of rotatable bonds is 6. The molecule has 0 heterocycles. The molecule has 9 heteroatoms. The van der Waals surface area contributed by atoms with Crippen LogP contribution in [0.15, 0.2) is 54.6 Å². The zero-order valence-electron chi connectivity index (χ0n) is 15.1. The second-order valence-corrected chi connectivity index (χ2v) is 5.71. The van der Waals surface area contributed by atoms with Gasteiger partial charge in [-0.15, -0.1) is 13.2 Å². The lowest BCUT2D eigenvalue weighted by atomic mass is 10.2. The lowest BCUT2D eigenvalue weighted by Gasteiger charge is -2.12. The highest BCUT2D eigenvalue weighted by atomic mass is 19.4. The molecular weight excluding hydrogens is 389 g/mol. The fraction of sp³-hybridized carbons (Fsp3) is 0.150. The number of ether oxygens (including phenoxy) is 2. The van der Waals surface area contributed by atoms with E-state index in [1.165, 1.54) is 49.4 Å². The molecule has 0 fully saturated rings. The number of hydrogen-bond acceptors (Lipinski definition) is 5. The molecule has 0 spiro atoms. The summed E-state index contributed by atoms with van der Waals surface area (Å²) in [5.74, 6) is -1.75. The molecule has 2 rings (SSSR count). The number of carbonyl (C=O) groups is 2. The number of nitriles is 1. The molecule has 1 N–H and O–H groups in total. The molecule has 0 aromatic heterocycles. The summed E-state index contributed by atoms with van der Waals surface area (Å²) in [5.41, 5.74) is 1.31. The molecule has 0 aliphatic carbocycles. The van der Waals surface area contributed by atoms with Gasteiger partial charge in [0.1, 0.15) is 5.75 Å². The van der Waals surface area contributed by atoms with Gasteiger partial charge in [-0.2, -0.15) is 5.26 Å².